The van der Waals surface area contributed by atoms with Crippen LogP contribution in [0.15, 0.2) is 36.4 Å². The zero-order valence-electron chi connectivity index (χ0n) is 9.68. The number of rotatable bonds is 2. The first-order valence-corrected chi connectivity index (χ1v) is 7.03. The molecule has 0 saturated heterocycles. The highest BCUT2D eigenvalue weighted by molar-refractivity contribution is 7.79. The van der Waals surface area contributed by atoms with Crippen LogP contribution in [0, 0.1) is 0 Å². The molecular weight excluding hydrogens is 260 g/mol. The molecule has 0 saturated carbocycles. The van der Waals surface area contributed by atoms with E-state index in [0.717, 1.165) is 33.4 Å². The van der Waals surface area contributed by atoms with Gasteiger partial charge in [-0.2, -0.15) is 25.3 Å². The summed E-state index contributed by atoms with van der Waals surface area (Å²) in [5.41, 5.74) is 5.82. The summed E-state index contributed by atoms with van der Waals surface area (Å²) in [5, 5.41) is 0. The van der Waals surface area contributed by atoms with Crippen LogP contribution < -0.4 is 0 Å². The lowest BCUT2D eigenvalue weighted by molar-refractivity contribution is 0.104. The van der Waals surface area contributed by atoms with Crippen molar-refractivity contribution in [3.8, 4) is 11.1 Å². The van der Waals surface area contributed by atoms with Gasteiger partial charge in [0.15, 0.2) is 5.78 Å². The van der Waals surface area contributed by atoms with Crippen molar-refractivity contribution in [1.82, 2.24) is 0 Å². The molecule has 0 bridgehead atoms. The van der Waals surface area contributed by atoms with Crippen LogP contribution in [0.2, 0.25) is 0 Å². The van der Waals surface area contributed by atoms with E-state index in [-0.39, 0.29) is 5.78 Å². The van der Waals surface area contributed by atoms with Gasteiger partial charge in [0.05, 0.1) is 0 Å². The lowest BCUT2D eigenvalue weighted by Crippen LogP contribution is -1.96. The average molecular weight is 272 g/mol. The van der Waals surface area contributed by atoms with Gasteiger partial charge < -0.3 is 0 Å². The smallest absolute Gasteiger partial charge is 0.194 e. The lowest BCUT2D eigenvalue weighted by atomic mass is 10.0. The number of carbonyl (C=O) groups is 1. The first kappa shape index (κ1) is 11.9. The maximum Gasteiger partial charge on any atom is 0.194 e. The van der Waals surface area contributed by atoms with E-state index in [4.69, 9.17) is 0 Å². The van der Waals surface area contributed by atoms with Crippen LogP contribution in [0.1, 0.15) is 27.0 Å². The normalized spacial score (nSPS) is 12.4. The zero-order valence-corrected chi connectivity index (χ0v) is 11.5. The summed E-state index contributed by atoms with van der Waals surface area (Å²) in [6.07, 6.45) is 0. The minimum atomic E-state index is 0.118. The largest absolute Gasteiger partial charge is 0.289 e. The monoisotopic (exact) mass is 272 g/mol. The third kappa shape index (κ3) is 1.70. The predicted molar refractivity (Wildman–Crippen MR) is 80.7 cm³/mol. The molecule has 0 unspecified atom stereocenters. The van der Waals surface area contributed by atoms with Gasteiger partial charge in [0, 0.05) is 22.6 Å². The number of ketones is 1. The molecule has 0 amide bonds. The summed E-state index contributed by atoms with van der Waals surface area (Å²) in [7, 11) is 0. The third-order valence-electron chi connectivity index (χ3n) is 3.31. The number of carbonyl (C=O) groups excluding carboxylic acids is 1. The fraction of sp³-hybridized carbons (Fsp3) is 0.133. The Morgan fingerprint density at radius 2 is 1.17 bits per heavy atom. The Bertz CT molecular complexity index is 591. The molecule has 3 heteroatoms. The minimum absolute atomic E-state index is 0.118. The van der Waals surface area contributed by atoms with Crippen LogP contribution in [-0.4, -0.2) is 5.78 Å². The molecule has 3 rings (SSSR count). The first-order valence-electron chi connectivity index (χ1n) is 5.77. The van der Waals surface area contributed by atoms with Crippen LogP contribution >= 0.6 is 25.3 Å². The molecule has 90 valence electrons. The van der Waals surface area contributed by atoms with Crippen molar-refractivity contribution in [1.29, 1.82) is 0 Å². The molecule has 0 N–H and O–H groups in total. The van der Waals surface area contributed by atoms with Crippen molar-refractivity contribution < 1.29 is 4.79 Å². The maximum atomic E-state index is 12.4. The van der Waals surface area contributed by atoms with Crippen molar-refractivity contribution in [3.63, 3.8) is 0 Å². The summed E-state index contributed by atoms with van der Waals surface area (Å²) < 4.78 is 0. The Kier molecular flexibility index (Phi) is 2.96. The highest BCUT2D eigenvalue weighted by Gasteiger charge is 2.26. The molecule has 1 aliphatic carbocycles. The van der Waals surface area contributed by atoms with Gasteiger partial charge in [0.1, 0.15) is 0 Å². The molecule has 0 aromatic heterocycles. The average Bonchev–Trinajstić information content (AvgIpc) is 2.71. The maximum absolute atomic E-state index is 12.4. The van der Waals surface area contributed by atoms with Crippen LogP contribution in [0.25, 0.3) is 11.1 Å². The van der Waals surface area contributed by atoms with Gasteiger partial charge in [-0.3, -0.25) is 4.79 Å². The molecule has 0 atom stereocenters. The number of fused-ring (bicyclic) bond motifs is 3. The number of benzene rings is 2. The minimum Gasteiger partial charge on any atom is -0.289 e. The summed E-state index contributed by atoms with van der Waals surface area (Å²) in [5.74, 6) is 1.42. The molecule has 1 nitrogen and oxygen atoms in total. The van der Waals surface area contributed by atoms with Crippen molar-refractivity contribution in [2.75, 3.05) is 0 Å². The fourth-order valence-electron chi connectivity index (χ4n) is 2.37. The highest BCUT2D eigenvalue weighted by atomic mass is 32.1. The van der Waals surface area contributed by atoms with Crippen molar-refractivity contribution in [2.45, 2.75) is 11.5 Å². The molecule has 0 spiro atoms. The topological polar surface area (TPSA) is 17.1 Å². The Labute approximate surface area is 117 Å². The van der Waals surface area contributed by atoms with E-state index in [1.807, 2.05) is 36.4 Å². The van der Waals surface area contributed by atoms with Gasteiger partial charge in [-0.25, -0.2) is 0 Å². The van der Waals surface area contributed by atoms with Crippen LogP contribution in [-0.2, 0) is 11.5 Å². The molecule has 2 aromatic rings. The summed E-state index contributed by atoms with van der Waals surface area (Å²) in [4.78, 5) is 12.4. The van der Waals surface area contributed by atoms with E-state index in [0.29, 0.717) is 11.5 Å². The molecule has 1 aliphatic rings. The van der Waals surface area contributed by atoms with E-state index >= 15 is 0 Å². The quantitative estimate of drug-likeness (QED) is 0.679. The van der Waals surface area contributed by atoms with Crippen molar-refractivity contribution >= 4 is 31.0 Å². The second-order valence-corrected chi connectivity index (χ2v) is 5.04. The van der Waals surface area contributed by atoms with E-state index in [1.54, 1.807) is 0 Å². The van der Waals surface area contributed by atoms with E-state index < -0.39 is 0 Å². The Morgan fingerprint density at radius 1 is 0.722 bits per heavy atom. The summed E-state index contributed by atoms with van der Waals surface area (Å²) in [6, 6.07) is 12.0. The highest BCUT2D eigenvalue weighted by Crippen LogP contribution is 2.37. The molecule has 18 heavy (non-hydrogen) atoms. The van der Waals surface area contributed by atoms with Crippen LogP contribution in [0.3, 0.4) is 0 Å². The van der Waals surface area contributed by atoms with Crippen LogP contribution in [0.4, 0.5) is 0 Å². The molecule has 0 aliphatic heterocycles. The Morgan fingerprint density at radius 3 is 1.56 bits per heavy atom. The summed E-state index contributed by atoms with van der Waals surface area (Å²) in [6.45, 7) is 0. The number of thiol groups is 2. The van der Waals surface area contributed by atoms with E-state index in [9.17, 15) is 4.79 Å². The standard InChI is InChI=1S/C15H12OS2/c16-15-13-5-9(7-17)1-3-11(13)12-4-2-10(8-18)6-14(12)15/h1-6,17-18H,7-8H2. The molecule has 2 aromatic carbocycles. The number of hydrogen-bond donors (Lipinski definition) is 2. The molecule has 0 heterocycles. The van der Waals surface area contributed by atoms with Gasteiger partial charge in [0.2, 0.25) is 0 Å². The second-order valence-electron chi connectivity index (χ2n) is 4.41. The van der Waals surface area contributed by atoms with Gasteiger partial charge >= 0.3 is 0 Å². The van der Waals surface area contributed by atoms with Crippen LogP contribution in [0.5, 0.6) is 0 Å². The zero-order chi connectivity index (χ0) is 12.7. The lowest BCUT2D eigenvalue weighted by Gasteiger charge is -2.02. The van der Waals surface area contributed by atoms with Gasteiger partial charge in [-0.05, 0) is 34.4 Å². The predicted octanol–water partition coefficient (Wildman–Crippen LogP) is 3.76. The first-order chi connectivity index (χ1) is 8.74. The second kappa shape index (κ2) is 4.48. The fourth-order valence-corrected chi connectivity index (χ4v) is 2.76. The van der Waals surface area contributed by atoms with E-state index in [1.165, 1.54) is 0 Å². The van der Waals surface area contributed by atoms with Crippen molar-refractivity contribution in [2.24, 2.45) is 0 Å². The van der Waals surface area contributed by atoms with E-state index in [2.05, 4.69) is 25.3 Å². The SMILES string of the molecule is O=C1c2cc(CS)ccc2-c2ccc(CS)cc21. The molecule has 0 radical (unpaired) electrons. The Hall–Kier alpha value is -1.19. The summed E-state index contributed by atoms with van der Waals surface area (Å²) >= 11 is 8.50. The third-order valence-corrected chi connectivity index (χ3v) is 4.04. The van der Waals surface area contributed by atoms with Gasteiger partial charge in [-0.15, -0.1) is 0 Å². The number of hydrogen-bond acceptors (Lipinski definition) is 3. The van der Waals surface area contributed by atoms with Crippen molar-refractivity contribution in [3.05, 3.63) is 58.7 Å². The molecule has 0 fully saturated rings. The Balaban J connectivity index is 2.21. The molecular formula is C15H12OS2. The van der Waals surface area contributed by atoms with Gasteiger partial charge in [-0.1, -0.05) is 24.3 Å². The van der Waals surface area contributed by atoms with Gasteiger partial charge in [0.25, 0.3) is 0 Å².